The third-order valence-electron chi connectivity index (χ3n) is 3.66. The Morgan fingerprint density at radius 3 is 2.22 bits per heavy atom. The third-order valence-corrected chi connectivity index (χ3v) is 3.66. The van der Waals surface area contributed by atoms with Crippen molar-refractivity contribution in [1.29, 1.82) is 0 Å². The van der Waals surface area contributed by atoms with Crippen molar-refractivity contribution in [3.05, 3.63) is 35.6 Å². The lowest BCUT2D eigenvalue weighted by Crippen LogP contribution is -2.35. The van der Waals surface area contributed by atoms with E-state index in [2.05, 4.69) is 19.2 Å². The summed E-state index contributed by atoms with van der Waals surface area (Å²) in [5, 5.41) is 3.38. The number of nitrogens with one attached hydrogen (secondary N) is 1. The minimum atomic E-state index is -0.0792. The molecule has 1 aromatic rings. The zero-order chi connectivity index (χ0) is 13.4. The van der Waals surface area contributed by atoms with Gasteiger partial charge < -0.3 is 5.32 Å². The zero-order valence-corrected chi connectivity index (χ0v) is 11.9. The molecule has 18 heavy (non-hydrogen) atoms. The van der Waals surface area contributed by atoms with Crippen LogP contribution in [0.15, 0.2) is 24.3 Å². The Morgan fingerprint density at radius 2 is 1.72 bits per heavy atom. The number of likely N-dealkylation sites (N-methyl/N-ethyl adjacent to an activating group) is 1. The van der Waals surface area contributed by atoms with Gasteiger partial charge in [0.1, 0.15) is 5.82 Å². The summed E-state index contributed by atoms with van der Waals surface area (Å²) in [6.07, 6.45) is 5.61. The Labute approximate surface area is 111 Å². The largest absolute Gasteiger partial charge is 0.316 e. The van der Waals surface area contributed by atoms with E-state index in [4.69, 9.17) is 0 Å². The summed E-state index contributed by atoms with van der Waals surface area (Å²) in [5.74, 6) is 0.564. The van der Waals surface area contributed by atoms with Crippen LogP contribution in [-0.4, -0.2) is 13.1 Å². The molecule has 0 aliphatic rings. The molecule has 1 rings (SSSR count). The lowest BCUT2D eigenvalue weighted by atomic mass is 9.86. The molecule has 0 amide bonds. The molecule has 0 heterocycles. The number of rotatable bonds is 8. The Kier molecular flexibility index (Phi) is 6.96. The second-order valence-corrected chi connectivity index (χ2v) is 5.03. The minimum absolute atomic E-state index is 0.0792. The van der Waals surface area contributed by atoms with E-state index in [1.807, 2.05) is 19.2 Å². The van der Waals surface area contributed by atoms with E-state index in [0.717, 1.165) is 12.0 Å². The molecule has 0 radical (unpaired) electrons. The van der Waals surface area contributed by atoms with Crippen LogP contribution in [0.25, 0.3) is 0 Å². The Balaban J connectivity index is 2.73. The first-order chi connectivity index (χ1) is 8.72. The standard InChI is InChI=1S/C16H26FN/c1-4-8-13(9-5-2)16(18-3)12-14-10-6-7-11-15(14)17/h6-7,10-11,13,16,18H,4-5,8-9,12H2,1-3H3. The van der Waals surface area contributed by atoms with E-state index in [9.17, 15) is 4.39 Å². The van der Waals surface area contributed by atoms with Crippen molar-refractivity contribution in [1.82, 2.24) is 5.32 Å². The molecule has 102 valence electrons. The third kappa shape index (κ3) is 4.41. The highest BCUT2D eigenvalue weighted by Gasteiger charge is 2.19. The van der Waals surface area contributed by atoms with Crippen molar-refractivity contribution in [3.63, 3.8) is 0 Å². The number of hydrogen-bond acceptors (Lipinski definition) is 1. The molecule has 0 saturated carbocycles. The van der Waals surface area contributed by atoms with Crippen molar-refractivity contribution in [2.45, 2.75) is 52.0 Å². The molecule has 0 aliphatic heterocycles. The molecular formula is C16H26FN. The second-order valence-electron chi connectivity index (χ2n) is 5.03. The van der Waals surface area contributed by atoms with Gasteiger partial charge in [-0.05, 0) is 43.9 Å². The van der Waals surface area contributed by atoms with Crippen molar-refractivity contribution in [2.75, 3.05) is 7.05 Å². The lowest BCUT2D eigenvalue weighted by molar-refractivity contribution is 0.320. The van der Waals surface area contributed by atoms with Crippen molar-refractivity contribution in [2.24, 2.45) is 5.92 Å². The van der Waals surface area contributed by atoms with E-state index in [0.29, 0.717) is 12.0 Å². The Morgan fingerprint density at radius 1 is 1.11 bits per heavy atom. The summed E-state index contributed by atoms with van der Waals surface area (Å²) in [6.45, 7) is 4.44. The summed E-state index contributed by atoms with van der Waals surface area (Å²) in [7, 11) is 1.99. The minimum Gasteiger partial charge on any atom is -0.316 e. The SMILES string of the molecule is CCCC(CCC)C(Cc1ccccc1F)NC. The van der Waals surface area contributed by atoms with E-state index in [1.54, 1.807) is 12.1 Å². The van der Waals surface area contributed by atoms with Crippen LogP contribution in [0.1, 0.15) is 45.1 Å². The van der Waals surface area contributed by atoms with E-state index in [-0.39, 0.29) is 5.82 Å². The fraction of sp³-hybridized carbons (Fsp3) is 0.625. The monoisotopic (exact) mass is 251 g/mol. The summed E-state index contributed by atoms with van der Waals surface area (Å²) in [4.78, 5) is 0. The average Bonchev–Trinajstić information content (AvgIpc) is 2.38. The maximum Gasteiger partial charge on any atom is 0.126 e. The Hall–Kier alpha value is -0.890. The van der Waals surface area contributed by atoms with Gasteiger partial charge in [-0.15, -0.1) is 0 Å². The molecule has 2 heteroatoms. The quantitative estimate of drug-likeness (QED) is 0.731. The summed E-state index contributed by atoms with van der Waals surface area (Å²) < 4.78 is 13.7. The summed E-state index contributed by atoms with van der Waals surface area (Å²) >= 11 is 0. The van der Waals surface area contributed by atoms with Gasteiger partial charge in [0.05, 0.1) is 0 Å². The first kappa shape index (κ1) is 15.2. The molecule has 0 spiro atoms. The average molecular weight is 251 g/mol. The van der Waals surface area contributed by atoms with Crippen LogP contribution in [-0.2, 0) is 6.42 Å². The first-order valence-corrected chi connectivity index (χ1v) is 7.13. The van der Waals surface area contributed by atoms with Gasteiger partial charge in [-0.3, -0.25) is 0 Å². The Bertz CT molecular complexity index is 332. The van der Waals surface area contributed by atoms with Crippen LogP contribution in [0.3, 0.4) is 0 Å². The van der Waals surface area contributed by atoms with Crippen molar-refractivity contribution in [3.8, 4) is 0 Å². The predicted molar refractivity (Wildman–Crippen MR) is 76.3 cm³/mol. The predicted octanol–water partition coefficient (Wildman–Crippen LogP) is 4.17. The normalized spacial score (nSPS) is 12.9. The fourth-order valence-corrected chi connectivity index (χ4v) is 2.69. The van der Waals surface area contributed by atoms with Crippen LogP contribution in [0.4, 0.5) is 4.39 Å². The highest BCUT2D eigenvalue weighted by molar-refractivity contribution is 5.18. The zero-order valence-electron chi connectivity index (χ0n) is 11.9. The molecule has 1 unspecified atom stereocenters. The van der Waals surface area contributed by atoms with E-state index in [1.165, 1.54) is 25.7 Å². The van der Waals surface area contributed by atoms with Crippen LogP contribution < -0.4 is 5.32 Å². The van der Waals surface area contributed by atoms with Gasteiger partial charge in [0, 0.05) is 6.04 Å². The van der Waals surface area contributed by atoms with Crippen LogP contribution in [0, 0.1) is 11.7 Å². The molecule has 1 nitrogen and oxygen atoms in total. The van der Waals surface area contributed by atoms with Gasteiger partial charge >= 0.3 is 0 Å². The number of hydrogen-bond donors (Lipinski definition) is 1. The molecule has 1 atom stereocenters. The maximum absolute atomic E-state index is 13.7. The van der Waals surface area contributed by atoms with E-state index >= 15 is 0 Å². The molecule has 0 bridgehead atoms. The van der Waals surface area contributed by atoms with Gasteiger partial charge in [0.2, 0.25) is 0 Å². The second kappa shape index (κ2) is 8.25. The van der Waals surface area contributed by atoms with Gasteiger partial charge in [-0.2, -0.15) is 0 Å². The molecule has 0 fully saturated rings. The van der Waals surface area contributed by atoms with Gasteiger partial charge in [-0.1, -0.05) is 44.9 Å². The van der Waals surface area contributed by atoms with Crippen molar-refractivity contribution >= 4 is 0 Å². The highest BCUT2D eigenvalue weighted by atomic mass is 19.1. The van der Waals surface area contributed by atoms with Crippen LogP contribution in [0.5, 0.6) is 0 Å². The molecule has 0 aliphatic carbocycles. The molecule has 0 aromatic heterocycles. The van der Waals surface area contributed by atoms with Gasteiger partial charge in [-0.25, -0.2) is 4.39 Å². The van der Waals surface area contributed by atoms with Crippen LogP contribution >= 0.6 is 0 Å². The van der Waals surface area contributed by atoms with Gasteiger partial charge in [0.25, 0.3) is 0 Å². The number of benzene rings is 1. The maximum atomic E-state index is 13.7. The molecule has 1 aromatic carbocycles. The topological polar surface area (TPSA) is 12.0 Å². The number of halogens is 1. The highest BCUT2D eigenvalue weighted by Crippen LogP contribution is 2.21. The summed E-state index contributed by atoms with van der Waals surface area (Å²) in [6, 6.07) is 7.50. The first-order valence-electron chi connectivity index (χ1n) is 7.13. The van der Waals surface area contributed by atoms with Gasteiger partial charge in [0.15, 0.2) is 0 Å². The molecular weight excluding hydrogens is 225 g/mol. The fourth-order valence-electron chi connectivity index (χ4n) is 2.69. The smallest absolute Gasteiger partial charge is 0.126 e. The molecule has 1 N–H and O–H groups in total. The van der Waals surface area contributed by atoms with E-state index < -0.39 is 0 Å². The van der Waals surface area contributed by atoms with Crippen LogP contribution in [0.2, 0.25) is 0 Å². The summed E-state index contributed by atoms with van der Waals surface area (Å²) in [5.41, 5.74) is 0.828. The van der Waals surface area contributed by atoms with Crippen molar-refractivity contribution < 1.29 is 4.39 Å². The lowest BCUT2D eigenvalue weighted by Gasteiger charge is -2.26. The molecule has 0 saturated heterocycles.